The Morgan fingerprint density at radius 1 is 0.900 bits per heavy atom. The second-order valence-corrected chi connectivity index (χ2v) is 7.31. The summed E-state index contributed by atoms with van der Waals surface area (Å²) < 4.78 is 7.30. The summed E-state index contributed by atoms with van der Waals surface area (Å²) in [5.41, 5.74) is 4.85. The summed E-state index contributed by atoms with van der Waals surface area (Å²) >= 11 is 0. The number of benzene rings is 1. The van der Waals surface area contributed by atoms with Crippen LogP contribution in [0.5, 0.6) is 0 Å². The van der Waals surface area contributed by atoms with Gasteiger partial charge in [0, 0.05) is 55.8 Å². The fourth-order valence-electron chi connectivity index (χ4n) is 3.72. The number of nitrogens with one attached hydrogen (secondary N) is 1. The summed E-state index contributed by atoms with van der Waals surface area (Å²) in [5.74, 6) is 0.856. The molecule has 0 unspecified atom stereocenters. The van der Waals surface area contributed by atoms with Crippen molar-refractivity contribution in [2.24, 2.45) is 0 Å². The van der Waals surface area contributed by atoms with Crippen molar-refractivity contribution < 1.29 is 4.74 Å². The molecule has 0 spiro atoms. The molecular formula is C23H24N6O. The van der Waals surface area contributed by atoms with Gasteiger partial charge < -0.3 is 10.1 Å². The van der Waals surface area contributed by atoms with Crippen molar-refractivity contribution in [1.29, 1.82) is 0 Å². The standard InChI is InChI=1S/C23H24N6O/c1-2-4-18(5-3-1)21-7-9-26-23-17-20(27-29(21)23)19-6-8-24-22(16-19)25-10-11-28-12-14-30-15-13-28/h1-9,16-17H,10-15H2,(H,24,25). The minimum Gasteiger partial charge on any atom is -0.379 e. The molecule has 1 aromatic carbocycles. The molecule has 1 fully saturated rings. The molecule has 1 saturated heterocycles. The molecule has 3 aromatic heterocycles. The van der Waals surface area contributed by atoms with Crippen LogP contribution < -0.4 is 5.32 Å². The zero-order valence-corrected chi connectivity index (χ0v) is 16.7. The van der Waals surface area contributed by atoms with Crippen molar-refractivity contribution in [3.8, 4) is 22.5 Å². The Hall–Kier alpha value is -3.29. The molecule has 1 aliphatic rings. The van der Waals surface area contributed by atoms with Gasteiger partial charge in [-0.25, -0.2) is 14.5 Å². The average Bonchev–Trinajstić information content (AvgIpc) is 3.25. The van der Waals surface area contributed by atoms with Gasteiger partial charge >= 0.3 is 0 Å². The molecule has 0 radical (unpaired) electrons. The van der Waals surface area contributed by atoms with Gasteiger partial charge in [-0.15, -0.1) is 0 Å². The largest absolute Gasteiger partial charge is 0.379 e. The number of nitrogens with zero attached hydrogens (tertiary/aromatic N) is 5. The van der Waals surface area contributed by atoms with Crippen molar-refractivity contribution in [3.63, 3.8) is 0 Å². The first-order chi connectivity index (χ1) is 14.9. The molecule has 0 bridgehead atoms. The highest BCUT2D eigenvalue weighted by molar-refractivity contribution is 5.69. The van der Waals surface area contributed by atoms with Gasteiger partial charge in [0.1, 0.15) is 5.82 Å². The van der Waals surface area contributed by atoms with Crippen molar-refractivity contribution >= 4 is 11.5 Å². The van der Waals surface area contributed by atoms with Crippen LogP contribution in [0.1, 0.15) is 0 Å². The number of pyridine rings is 1. The van der Waals surface area contributed by atoms with E-state index in [0.717, 1.165) is 73.4 Å². The quantitative estimate of drug-likeness (QED) is 0.536. The second kappa shape index (κ2) is 8.61. The molecule has 30 heavy (non-hydrogen) atoms. The van der Waals surface area contributed by atoms with Crippen molar-refractivity contribution in [2.75, 3.05) is 44.7 Å². The molecular weight excluding hydrogens is 376 g/mol. The SMILES string of the molecule is c1ccc(-c2ccnc3cc(-c4ccnc(NCCN5CCOCC5)c4)nn23)cc1. The van der Waals surface area contributed by atoms with E-state index in [-0.39, 0.29) is 0 Å². The first kappa shape index (κ1) is 18.7. The molecule has 0 saturated carbocycles. The molecule has 7 heteroatoms. The number of anilines is 1. The first-order valence-electron chi connectivity index (χ1n) is 10.3. The average molecular weight is 400 g/mol. The van der Waals surface area contributed by atoms with Crippen molar-refractivity contribution in [2.45, 2.75) is 0 Å². The summed E-state index contributed by atoms with van der Waals surface area (Å²) in [4.78, 5) is 11.4. The molecule has 1 N–H and O–H groups in total. The number of ether oxygens (including phenoxy) is 1. The van der Waals surface area contributed by atoms with E-state index in [4.69, 9.17) is 9.84 Å². The van der Waals surface area contributed by atoms with E-state index in [2.05, 4.69) is 32.3 Å². The van der Waals surface area contributed by atoms with Gasteiger partial charge in [-0.05, 0) is 18.2 Å². The molecule has 1 aliphatic heterocycles. The molecule has 4 aromatic rings. The van der Waals surface area contributed by atoms with E-state index in [1.54, 1.807) is 0 Å². The topological polar surface area (TPSA) is 67.6 Å². The Morgan fingerprint density at radius 3 is 2.60 bits per heavy atom. The Balaban J connectivity index is 1.36. The van der Waals surface area contributed by atoms with E-state index >= 15 is 0 Å². The fraction of sp³-hybridized carbons (Fsp3) is 0.261. The predicted molar refractivity (Wildman–Crippen MR) is 117 cm³/mol. The van der Waals surface area contributed by atoms with E-state index in [0.29, 0.717) is 0 Å². The van der Waals surface area contributed by atoms with E-state index < -0.39 is 0 Å². The first-order valence-corrected chi connectivity index (χ1v) is 10.3. The maximum atomic E-state index is 5.40. The van der Waals surface area contributed by atoms with Gasteiger partial charge in [0.05, 0.1) is 24.6 Å². The zero-order chi connectivity index (χ0) is 20.2. The van der Waals surface area contributed by atoms with Crippen LogP contribution in [-0.2, 0) is 4.74 Å². The van der Waals surface area contributed by atoms with Crippen LogP contribution in [0.4, 0.5) is 5.82 Å². The third-order valence-corrected chi connectivity index (χ3v) is 5.32. The molecule has 7 nitrogen and oxygen atoms in total. The molecule has 0 amide bonds. The number of aromatic nitrogens is 4. The van der Waals surface area contributed by atoms with Gasteiger partial charge in [-0.1, -0.05) is 30.3 Å². The van der Waals surface area contributed by atoms with Crippen LogP contribution in [0.2, 0.25) is 0 Å². The normalized spacial score (nSPS) is 14.8. The molecule has 0 atom stereocenters. The van der Waals surface area contributed by atoms with Gasteiger partial charge in [0.25, 0.3) is 0 Å². The Morgan fingerprint density at radius 2 is 1.73 bits per heavy atom. The molecule has 4 heterocycles. The van der Waals surface area contributed by atoms with Crippen molar-refractivity contribution in [1.82, 2.24) is 24.5 Å². The van der Waals surface area contributed by atoms with Gasteiger partial charge in [0.15, 0.2) is 5.65 Å². The third kappa shape index (κ3) is 4.03. The Bertz CT molecular complexity index is 1120. The lowest BCUT2D eigenvalue weighted by Crippen LogP contribution is -2.39. The van der Waals surface area contributed by atoms with Gasteiger partial charge in [-0.3, -0.25) is 4.90 Å². The van der Waals surface area contributed by atoms with Crippen LogP contribution in [0.15, 0.2) is 67.0 Å². The number of morpholine rings is 1. The molecule has 0 aliphatic carbocycles. The zero-order valence-electron chi connectivity index (χ0n) is 16.7. The minimum atomic E-state index is 0.820. The summed E-state index contributed by atoms with van der Waals surface area (Å²) in [5, 5.41) is 8.26. The highest BCUT2D eigenvalue weighted by atomic mass is 16.5. The Labute approximate surface area is 175 Å². The maximum absolute atomic E-state index is 5.40. The highest BCUT2D eigenvalue weighted by Gasteiger charge is 2.12. The third-order valence-electron chi connectivity index (χ3n) is 5.32. The maximum Gasteiger partial charge on any atom is 0.156 e. The lowest BCUT2D eigenvalue weighted by molar-refractivity contribution is 0.0398. The van der Waals surface area contributed by atoms with Crippen LogP contribution in [0.25, 0.3) is 28.2 Å². The lowest BCUT2D eigenvalue weighted by atomic mass is 10.1. The molecule has 5 rings (SSSR count). The van der Waals surface area contributed by atoms with Crippen molar-refractivity contribution in [3.05, 3.63) is 67.0 Å². The van der Waals surface area contributed by atoms with E-state index in [1.807, 2.05) is 59.4 Å². The van der Waals surface area contributed by atoms with E-state index in [1.165, 1.54) is 0 Å². The van der Waals surface area contributed by atoms with Gasteiger partial charge in [-0.2, -0.15) is 5.10 Å². The van der Waals surface area contributed by atoms with Crippen LogP contribution in [0.3, 0.4) is 0 Å². The van der Waals surface area contributed by atoms with Gasteiger partial charge in [0.2, 0.25) is 0 Å². The predicted octanol–water partition coefficient (Wildman–Crippen LogP) is 3.20. The smallest absolute Gasteiger partial charge is 0.156 e. The number of hydrogen-bond acceptors (Lipinski definition) is 6. The fourth-order valence-corrected chi connectivity index (χ4v) is 3.72. The highest BCUT2D eigenvalue weighted by Crippen LogP contribution is 2.24. The summed E-state index contributed by atoms with van der Waals surface area (Å²) in [7, 11) is 0. The summed E-state index contributed by atoms with van der Waals surface area (Å²) in [6, 6.07) is 18.3. The summed E-state index contributed by atoms with van der Waals surface area (Å²) in [6.45, 7) is 5.46. The monoisotopic (exact) mass is 400 g/mol. The Kier molecular flexibility index (Phi) is 5.37. The minimum absolute atomic E-state index is 0.820. The number of rotatable bonds is 6. The summed E-state index contributed by atoms with van der Waals surface area (Å²) in [6.07, 6.45) is 3.65. The molecule has 152 valence electrons. The number of fused-ring (bicyclic) bond motifs is 1. The second-order valence-electron chi connectivity index (χ2n) is 7.31. The van der Waals surface area contributed by atoms with Crippen LogP contribution in [0, 0.1) is 0 Å². The van der Waals surface area contributed by atoms with Crippen LogP contribution >= 0.6 is 0 Å². The van der Waals surface area contributed by atoms with Crippen LogP contribution in [-0.4, -0.2) is 63.9 Å². The number of hydrogen-bond donors (Lipinski definition) is 1. The lowest BCUT2D eigenvalue weighted by Gasteiger charge is -2.26. The van der Waals surface area contributed by atoms with E-state index in [9.17, 15) is 0 Å².